The maximum absolute atomic E-state index is 11.0. The number of aromatic nitrogens is 1. The Hall–Kier alpha value is -2.08. The van der Waals surface area contributed by atoms with Gasteiger partial charge in [0.25, 0.3) is 0 Å². The molecule has 0 bridgehead atoms. The first-order valence-electron chi connectivity index (χ1n) is 6.11. The maximum Gasteiger partial charge on any atom is 0.335 e. The van der Waals surface area contributed by atoms with Gasteiger partial charge in [0.2, 0.25) is 0 Å². The third kappa shape index (κ3) is 3.08. The average molecular weight is 292 g/mol. The molecule has 0 aliphatic heterocycles. The SMILES string of the molecule is COc1ccc(C(=O)O)cc1NC(C)c1csc(C)n1. The highest BCUT2D eigenvalue weighted by Crippen LogP contribution is 2.29. The van der Waals surface area contributed by atoms with E-state index in [0.717, 1.165) is 10.7 Å². The largest absolute Gasteiger partial charge is 0.495 e. The van der Waals surface area contributed by atoms with Crippen LogP contribution in [0.15, 0.2) is 23.6 Å². The molecule has 5 nitrogen and oxygen atoms in total. The second-order valence-electron chi connectivity index (χ2n) is 4.38. The van der Waals surface area contributed by atoms with Gasteiger partial charge in [-0.15, -0.1) is 11.3 Å². The van der Waals surface area contributed by atoms with E-state index in [-0.39, 0.29) is 11.6 Å². The summed E-state index contributed by atoms with van der Waals surface area (Å²) >= 11 is 1.58. The van der Waals surface area contributed by atoms with Gasteiger partial charge in [-0.05, 0) is 32.0 Å². The van der Waals surface area contributed by atoms with Crippen molar-refractivity contribution in [1.29, 1.82) is 0 Å². The van der Waals surface area contributed by atoms with Crippen LogP contribution >= 0.6 is 11.3 Å². The van der Waals surface area contributed by atoms with Crippen LogP contribution in [0, 0.1) is 6.92 Å². The van der Waals surface area contributed by atoms with E-state index >= 15 is 0 Å². The van der Waals surface area contributed by atoms with Gasteiger partial charge in [-0.25, -0.2) is 9.78 Å². The highest BCUT2D eigenvalue weighted by atomic mass is 32.1. The molecule has 2 aromatic rings. The van der Waals surface area contributed by atoms with E-state index in [9.17, 15) is 4.79 Å². The predicted octanol–water partition coefficient (Wildman–Crippen LogP) is 3.33. The first kappa shape index (κ1) is 14.3. The Balaban J connectivity index is 2.27. The number of ether oxygens (including phenoxy) is 1. The van der Waals surface area contributed by atoms with Gasteiger partial charge in [-0.2, -0.15) is 0 Å². The van der Waals surface area contributed by atoms with E-state index in [1.807, 2.05) is 19.2 Å². The number of nitrogens with one attached hydrogen (secondary N) is 1. The van der Waals surface area contributed by atoms with Crippen molar-refractivity contribution >= 4 is 23.0 Å². The summed E-state index contributed by atoms with van der Waals surface area (Å²) < 4.78 is 5.25. The summed E-state index contributed by atoms with van der Waals surface area (Å²) in [7, 11) is 1.55. The van der Waals surface area contributed by atoms with Crippen molar-refractivity contribution in [1.82, 2.24) is 4.98 Å². The topological polar surface area (TPSA) is 71.5 Å². The summed E-state index contributed by atoms with van der Waals surface area (Å²) in [5.74, 6) is -0.360. The number of thiazole rings is 1. The minimum Gasteiger partial charge on any atom is -0.495 e. The Bertz CT molecular complexity index is 625. The normalized spacial score (nSPS) is 11.9. The number of hydrogen-bond acceptors (Lipinski definition) is 5. The molecular weight excluding hydrogens is 276 g/mol. The van der Waals surface area contributed by atoms with E-state index in [2.05, 4.69) is 10.3 Å². The molecule has 20 heavy (non-hydrogen) atoms. The molecule has 1 unspecified atom stereocenters. The first-order valence-corrected chi connectivity index (χ1v) is 6.99. The lowest BCUT2D eigenvalue weighted by molar-refractivity contribution is 0.0697. The quantitative estimate of drug-likeness (QED) is 0.884. The number of anilines is 1. The van der Waals surface area contributed by atoms with Crippen molar-refractivity contribution in [2.24, 2.45) is 0 Å². The fraction of sp³-hybridized carbons (Fsp3) is 0.286. The number of aromatic carboxylic acids is 1. The van der Waals surface area contributed by atoms with Crippen LogP contribution in [0.1, 0.15) is 34.0 Å². The molecular formula is C14H16N2O3S. The van der Waals surface area contributed by atoms with Crippen molar-refractivity contribution < 1.29 is 14.6 Å². The average Bonchev–Trinajstić information content (AvgIpc) is 2.85. The zero-order chi connectivity index (χ0) is 14.7. The molecule has 0 aliphatic carbocycles. The Labute approximate surface area is 121 Å². The molecule has 0 saturated carbocycles. The van der Waals surface area contributed by atoms with Crippen molar-refractivity contribution in [3.63, 3.8) is 0 Å². The van der Waals surface area contributed by atoms with Gasteiger partial charge in [-0.1, -0.05) is 0 Å². The number of carbonyl (C=O) groups is 1. The number of methoxy groups -OCH3 is 1. The van der Waals surface area contributed by atoms with E-state index in [0.29, 0.717) is 11.4 Å². The molecule has 0 amide bonds. The summed E-state index contributed by atoms with van der Waals surface area (Å²) in [6, 6.07) is 4.70. The van der Waals surface area contributed by atoms with Gasteiger partial charge in [0, 0.05) is 5.38 Å². The van der Waals surface area contributed by atoms with Crippen LogP contribution in [-0.4, -0.2) is 23.2 Å². The number of rotatable bonds is 5. The van der Waals surface area contributed by atoms with Crippen molar-refractivity contribution in [2.45, 2.75) is 19.9 Å². The molecule has 0 saturated heterocycles. The molecule has 0 fully saturated rings. The van der Waals surface area contributed by atoms with Crippen LogP contribution in [-0.2, 0) is 0 Å². The van der Waals surface area contributed by atoms with E-state index in [1.165, 1.54) is 6.07 Å². The maximum atomic E-state index is 11.0. The second-order valence-corrected chi connectivity index (χ2v) is 5.44. The van der Waals surface area contributed by atoms with Crippen LogP contribution in [0.25, 0.3) is 0 Å². The minimum atomic E-state index is -0.965. The van der Waals surface area contributed by atoms with Gasteiger partial charge >= 0.3 is 5.97 Å². The fourth-order valence-corrected chi connectivity index (χ4v) is 2.55. The zero-order valence-electron chi connectivity index (χ0n) is 11.5. The summed E-state index contributed by atoms with van der Waals surface area (Å²) in [6.07, 6.45) is 0. The lowest BCUT2D eigenvalue weighted by Crippen LogP contribution is -2.09. The third-order valence-electron chi connectivity index (χ3n) is 2.90. The number of aryl methyl sites for hydroxylation is 1. The molecule has 1 aromatic heterocycles. The highest BCUT2D eigenvalue weighted by Gasteiger charge is 2.13. The van der Waals surface area contributed by atoms with E-state index in [4.69, 9.17) is 9.84 Å². The summed E-state index contributed by atoms with van der Waals surface area (Å²) in [5, 5.41) is 15.3. The van der Waals surface area contributed by atoms with Crippen LogP contribution in [0.2, 0.25) is 0 Å². The Kier molecular flexibility index (Phi) is 4.24. The molecule has 2 rings (SSSR count). The smallest absolute Gasteiger partial charge is 0.335 e. The molecule has 106 valence electrons. The first-order chi connectivity index (χ1) is 9.51. The van der Waals surface area contributed by atoms with Crippen LogP contribution in [0.4, 0.5) is 5.69 Å². The van der Waals surface area contributed by atoms with Gasteiger partial charge in [-0.3, -0.25) is 0 Å². The standard InChI is InChI=1S/C14H16N2O3S/c1-8(12-7-20-9(2)16-12)15-11-6-10(14(17)18)4-5-13(11)19-3/h4-8,15H,1-3H3,(H,17,18). The number of carboxylic acid groups (broad SMARTS) is 1. The van der Waals surface area contributed by atoms with Crippen LogP contribution in [0.3, 0.4) is 0 Å². The number of carboxylic acids is 1. The lowest BCUT2D eigenvalue weighted by atomic mass is 10.1. The molecule has 2 N–H and O–H groups in total. The molecule has 1 aromatic carbocycles. The molecule has 0 radical (unpaired) electrons. The monoisotopic (exact) mass is 292 g/mol. The number of nitrogens with zero attached hydrogens (tertiary/aromatic N) is 1. The summed E-state index contributed by atoms with van der Waals surface area (Å²) in [4.78, 5) is 15.5. The van der Waals surface area contributed by atoms with Crippen molar-refractivity contribution in [2.75, 3.05) is 12.4 Å². The van der Waals surface area contributed by atoms with Gasteiger partial charge < -0.3 is 15.2 Å². The van der Waals surface area contributed by atoms with Crippen molar-refractivity contribution in [3.05, 3.63) is 39.8 Å². The third-order valence-corrected chi connectivity index (χ3v) is 3.69. The highest BCUT2D eigenvalue weighted by molar-refractivity contribution is 7.09. The van der Waals surface area contributed by atoms with Gasteiger partial charge in [0.1, 0.15) is 5.75 Å². The lowest BCUT2D eigenvalue weighted by Gasteiger charge is -2.16. The molecule has 0 aliphatic rings. The minimum absolute atomic E-state index is 0.0297. The predicted molar refractivity (Wildman–Crippen MR) is 78.8 cm³/mol. The van der Waals surface area contributed by atoms with E-state index < -0.39 is 5.97 Å². The van der Waals surface area contributed by atoms with Crippen LogP contribution in [0.5, 0.6) is 5.75 Å². The number of benzene rings is 1. The summed E-state index contributed by atoms with van der Waals surface area (Å²) in [6.45, 7) is 3.92. The fourth-order valence-electron chi connectivity index (χ4n) is 1.84. The molecule has 6 heteroatoms. The summed E-state index contributed by atoms with van der Waals surface area (Å²) in [5.41, 5.74) is 1.79. The zero-order valence-corrected chi connectivity index (χ0v) is 12.3. The Morgan fingerprint density at radius 2 is 2.25 bits per heavy atom. The Morgan fingerprint density at radius 3 is 2.80 bits per heavy atom. The van der Waals surface area contributed by atoms with Crippen molar-refractivity contribution in [3.8, 4) is 5.75 Å². The number of hydrogen-bond donors (Lipinski definition) is 2. The molecule has 1 heterocycles. The van der Waals surface area contributed by atoms with Gasteiger partial charge in [0.05, 0.1) is 35.1 Å². The molecule has 1 atom stereocenters. The second kappa shape index (κ2) is 5.92. The molecule has 0 spiro atoms. The van der Waals surface area contributed by atoms with Crippen LogP contribution < -0.4 is 10.1 Å². The van der Waals surface area contributed by atoms with E-state index in [1.54, 1.807) is 30.6 Å². The van der Waals surface area contributed by atoms with Gasteiger partial charge in [0.15, 0.2) is 0 Å². The Morgan fingerprint density at radius 1 is 1.50 bits per heavy atom.